The highest BCUT2D eigenvalue weighted by Crippen LogP contribution is 2.39. The summed E-state index contributed by atoms with van der Waals surface area (Å²) in [5.41, 5.74) is 2.94. The number of amides is 1. The molecule has 1 saturated heterocycles. The molecule has 0 bridgehead atoms. The van der Waals surface area contributed by atoms with E-state index in [4.69, 9.17) is 33.3 Å². The van der Waals surface area contributed by atoms with Gasteiger partial charge in [0.25, 0.3) is 5.91 Å². The molecule has 2 aromatic carbocycles. The number of thiocarbonyl (C=S) groups is 1. The lowest BCUT2D eigenvalue weighted by atomic mass is 10.1. The molecule has 30 heavy (non-hydrogen) atoms. The Morgan fingerprint density at radius 1 is 1.23 bits per heavy atom. The van der Waals surface area contributed by atoms with E-state index >= 15 is 0 Å². The van der Waals surface area contributed by atoms with Crippen LogP contribution in [0.25, 0.3) is 6.08 Å². The van der Waals surface area contributed by atoms with Crippen molar-refractivity contribution in [3.63, 3.8) is 0 Å². The number of halogens is 1. The van der Waals surface area contributed by atoms with Crippen LogP contribution in [0.5, 0.6) is 11.5 Å². The molecule has 0 radical (unpaired) electrons. The van der Waals surface area contributed by atoms with E-state index < -0.39 is 0 Å². The van der Waals surface area contributed by atoms with Crippen LogP contribution in [0.15, 0.2) is 54.0 Å². The molecular weight excluding hydrogens is 438 g/mol. The highest BCUT2D eigenvalue weighted by Gasteiger charge is 2.32. The Balaban J connectivity index is 1.85. The second-order valence-corrected chi connectivity index (χ2v) is 8.70. The molecular formula is C23H22ClNO3S2. The fourth-order valence-electron chi connectivity index (χ4n) is 2.88. The molecule has 0 N–H and O–H groups in total. The first-order chi connectivity index (χ1) is 14.4. The van der Waals surface area contributed by atoms with E-state index in [0.717, 1.165) is 11.1 Å². The van der Waals surface area contributed by atoms with Crippen molar-refractivity contribution in [3.05, 3.63) is 75.7 Å². The molecule has 3 rings (SSSR count). The SMILES string of the molecule is C=CCOc1c(Cl)cc(/C=C2\SC(=S)N(Cc3ccc(C)cc3)C2=O)cc1OCC. The number of nitrogens with zero attached hydrogens (tertiary/aromatic N) is 1. The number of hydrogen-bond acceptors (Lipinski definition) is 5. The van der Waals surface area contributed by atoms with Gasteiger partial charge in [0, 0.05) is 0 Å². The fraction of sp³-hybridized carbons (Fsp3) is 0.217. The molecule has 4 nitrogen and oxygen atoms in total. The first kappa shape index (κ1) is 22.4. The molecule has 0 unspecified atom stereocenters. The van der Waals surface area contributed by atoms with Crippen LogP contribution in [0.2, 0.25) is 5.02 Å². The van der Waals surface area contributed by atoms with Gasteiger partial charge in [0.15, 0.2) is 11.5 Å². The molecule has 0 aromatic heterocycles. The van der Waals surface area contributed by atoms with Crippen LogP contribution in [-0.4, -0.2) is 28.3 Å². The lowest BCUT2D eigenvalue weighted by Crippen LogP contribution is -2.27. The van der Waals surface area contributed by atoms with E-state index in [1.54, 1.807) is 29.2 Å². The Hall–Kier alpha value is -2.28. The highest BCUT2D eigenvalue weighted by atomic mass is 35.5. The van der Waals surface area contributed by atoms with Gasteiger partial charge in [0.05, 0.1) is 23.1 Å². The lowest BCUT2D eigenvalue weighted by molar-refractivity contribution is -0.122. The maximum atomic E-state index is 12.9. The summed E-state index contributed by atoms with van der Waals surface area (Å²) in [4.78, 5) is 15.1. The number of rotatable bonds is 8. The molecule has 0 aliphatic carbocycles. The molecule has 1 heterocycles. The Morgan fingerprint density at radius 2 is 1.97 bits per heavy atom. The fourth-order valence-corrected chi connectivity index (χ4v) is 4.41. The number of thioether (sulfide) groups is 1. The zero-order valence-electron chi connectivity index (χ0n) is 16.8. The van der Waals surface area contributed by atoms with Crippen LogP contribution in [0.3, 0.4) is 0 Å². The van der Waals surface area contributed by atoms with Gasteiger partial charge in [-0.3, -0.25) is 9.69 Å². The van der Waals surface area contributed by atoms with Crippen molar-refractivity contribution in [2.45, 2.75) is 20.4 Å². The van der Waals surface area contributed by atoms with Crippen molar-refractivity contribution >= 4 is 51.9 Å². The minimum atomic E-state index is -0.119. The monoisotopic (exact) mass is 459 g/mol. The Morgan fingerprint density at radius 3 is 2.63 bits per heavy atom. The smallest absolute Gasteiger partial charge is 0.266 e. The van der Waals surface area contributed by atoms with E-state index in [2.05, 4.69) is 6.58 Å². The third-order valence-corrected chi connectivity index (χ3v) is 5.97. The number of benzene rings is 2. The van der Waals surface area contributed by atoms with Crippen LogP contribution < -0.4 is 9.47 Å². The average molecular weight is 460 g/mol. The van der Waals surface area contributed by atoms with Gasteiger partial charge in [-0.15, -0.1) is 0 Å². The summed E-state index contributed by atoms with van der Waals surface area (Å²) in [6.45, 7) is 8.78. The lowest BCUT2D eigenvalue weighted by Gasteiger charge is -2.15. The van der Waals surface area contributed by atoms with Crippen molar-refractivity contribution in [2.75, 3.05) is 13.2 Å². The number of hydrogen-bond donors (Lipinski definition) is 0. The number of ether oxygens (including phenoxy) is 2. The number of aryl methyl sites for hydroxylation is 1. The summed E-state index contributed by atoms with van der Waals surface area (Å²) in [6, 6.07) is 11.6. The standard InChI is InChI=1S/C23H22ClNO3S2/c1-4-10-28-21-18(24)11-17(12-19(21)27-5-2)13-20-22(26)25(23(29)30-20)14-16-8-6-15(3)7-9-16/h4,6-9,11-13H,1,5,10,14H2,2-3H3/b20-13-. The molecule has 1 fully saturated rings. The second-order valence-electron chi connectivity index (χ2n) is 6.62. The van der Waals surface area contributed by atoms with E-state index in [-0.39, 0.29) is 5.91 Å². The van der Waals surface area contributed by atoms with Gasteiger partial charge in [-0.1, -0.05) is 78.1 Å². The third kappa shape index (κ3) is 5.25. The van der Waals surface area contributed by atoms with Crippen LogP contribution in [0.1, 0.15) is 23.6 Å². The Bertz CT molecular complexity index is 1000. The predicted octanol–water partition coefficient (Wildman–Crippen LogP) is 6.01. The summed E-state index contributed by atoms with van der Waals surface area (Å²) < 4.78 is 11.8. The molecule has 1 aliphatic rings. The molecule has 0 atom stereocenters. The van der Waals surface area contributed by atoms with Gasteiger partial charge in [-0.2, -0.15) is 0 Å². The minimum absolute atomic E-state index is 0.119. The van der Waals surface area contributed by atoms with Crippen molar-refractivity contribution in [2.24, 2.45) is 0 Å². The van der Waals surface area contributed by atoms with E-state index in [9.17, 15) is 4.79 Å². The minimum Gasteiger partial charge on any atom is -0.490 e. The first-order valence-electron chi connectivity index (χ1n) is 9.44. The zero-order valence-corrected chi connectivity index (χ0v) is 19.2. The third-order valence-electron chi connectivity index (χ3n) is 4.31. The summed E-state index contributed by atoms with van der Waals surface area (Å²) >= 11 is 13.1. The van der Waals surface area contributed by atoms with Gasteiger partial charge >= 0.3 is 0 Å². The predicted molar refractivity (Wildman–Crippen MR) is 128 cm³/mol. The molecule has 156 valence electrons. The molecule has 0 saturated carbocycles. The Labute approximate surface area is 191 Å². The molecule has 7 heteroatoms. The molecule has 2 aromatic rings. The zero-order chi connectivity index (χ0) is 21.7. The maximum absolute atomic E-state index is 12.9. The van der Waals surface area contributed by atoms with E-state index in [1.165, 1.54) is 17.3 Å². The Kier molecular flexibility index (Phi) is 7.58. The average Bonchev–Trinajstić information content (AvgIpc) is 2.96. The summed E-state index contributed by atoms with van der Waals surface area (Å²) in [5, 5.41) is 0.407. The largest absolute Gasteiger partial charge is 0.490 e. The molecule has 0 spiro atoms. The van der Waals surface area contributed by atoms with Crippen LogP contribution in [0.4, 0.5) is 0 Å². The van der Waals surface area contributed by atoms with Crippen molar-refractivity contribution in [1.29, 1.82) is 0 Å². The first-order valence-corrected chi connectivity index (χ1v) is 11.0. The van der Waals surface area contributed by atoms with Gasteiger partial charge in [0.1, 0.15) is 10.9 Å². The van der Waals surface area contributed by atoms with Crippen LogP contribution in [-0.2, 0) is 11.3 Å². The van der Waals surface area contributed by atoms with Gasteiger partial charge < -0.3 is 9.47 Å². The number of carbonyl (C=O) groups excluding carboxylic acids is 1. The van der Waals surface area contributed by atoms with Gasteiger partial charge in [0.2, 0.25) is 0 Å². The van der Waals surface area contributed by atoms with Crippen molar-refractivity contribution < 1.29 is 14.3 Å². The van der Waals surface area contributed by atoms with Crippen LogP contribution >= 0.6 is 35.6 Å². The maximum Gasteiger partial charge on any atom is 0.266 e. The van der Waals surface area contributed by atoms with Gasteiger partial charge in [-0.25, -0.2) is 0 Å². The van der Waals surface area contributed by atoms with Crippen molar-refractivity contribution in [3.8, 4) is 11.5 Å². The summed E-state index contributed by atoms with van der Waals surface area (Å²) in [6.07, 6.45) is 3.42. The normalized spacial score (nSPS) is 15.0. The van der Waals surface area contributed by atoms with Crippen molar-refractivity contribution in [1.82, 2.24) is 4.90 Å². The van der Waals surface area contributed by atoms with Gasteiger partial charge in [-0.05, 0) is 43.2 Å². The second kappa shape index (κ2) is 10.2. The quantitative estimate of drug-likeness (QED) is 0.274. The van der Waals surface area contributed by atoms with E-state index in [1.807, 2.05) is 38.1 Å². The molecule has 1 aliphatic heterocycles. The molecule has 1 amide bonds. The highest BCUT2D eigenvalue weighted by molar-refractivity contribution is 8.26. The summed E-state index contributed by atoms with van der Waals surface area (Å²) in [7, 11) is 0. The van der Waals surface area contributed by atoms with Crippen LogP contribution in [0, 0.1) is 6.92 Å². The summed E-state index contributed by atoms with van der Waals surface area (Å²) in [5.74, 6) is 0.863. The number of carbonyl (C=O) groups is 1. The van der Waals surface area contributed by atoms with E-state index in [0.29, 0.717) is 45.5 Å². The topological polar surface area (TPSA) is 38.8 Å².